The van der Waals surface area contributed by atoms with E-state index in [0.717, 1.165) is 48.8 Å². The molecular formula is C14H24N2O2. The molecule has 4 nitrogen and oxygen atoms in total. The minimum atomic E-state index is 0.805. The van der Waals surface area contributed by atoms with Crippen LogP contribution in [0.4, 0.5) is 0 Å². The van der Waals surface area contributed by atoms with Crippen LogP contribution < -0.4 is 20.1 Å². The molecule has 1 aromatic carbocycles. The van der Waals surface area contributed by atoms with Crippen LogP contribution >= 0.6 is 0 Å². The molecule has 0 fully saturated rings. The molecule has 0 aromatic heterocycles. The first-order chi connectivity index (χ1) is 8.74. The Labute approximate surface area is 110 Å². The minimum absolute atomic E-state index is 0.805. The highest BCUT2D eigenvalue weighted by Gasteiger charge is 2.10. The maximum atomic E-state index is 5.46. The van der Waals surface area contributed by atoms with E-state index in [-0.39, 0.29) is 0 Å². The number of nitrogens with one attached hydrogen (secondary N) is 2. The fourth-order valence-electron chi connectivity index (χ4n) is 1.95. The van der Waals surface area contributed by atoms with Gasteiger partial charge in [0.05, 0.1) is 14.2 Å². The smallest absolute Gasteiger partial charge is 0.129 e. The van der Waals surface area contributed by atoms with Gasteiger partial charge in [-0.2, -0.15) is 0 Å². The van der Waals surface area contributed by atoms with Crippen molar-refractivity contribution < 1.29 is 9.47 Å². The summed E-state index contributed by atoms with van der Waals surface area (Å²) in [5, 5.41) is 6.67. The minimum Gasteiger partial charge on any atom is -0.496 e. The molecule has 0 radical (unpaired) electrons. The van der Waals surface area contributed by atoms with Gasteiger partial charge < -0.3 is 20.1 Å². The highest BCUT2D eigenvalue weighted by Crippen LogP contribution is 2.30. The zero-order chi connectivity index (χ0) is 13.4. The van der Waals surface area contributed by atoms with Crippen molar-refractivity contribution in [3.05, 3.63) is 23.3 Å². The molecule has 0 aliphatic carbocycles. The zero-order valence-corrected chi connectivity index (χ0v) is 11.8. The highest BCUT2D eigenvalue weighted by atomic mass is 16.5. The Bertz CT molecular complexity index is 367. The van der Waals surface area contributed by atoms with Crippen molar-refractivity contribution in [3.8, 4) is 11.5 Å². The summed E-state index contributed by atoms with van der Waals surface area (Å²) in [6.07, 6.45) is 0. The van der Waals surface area contributed by atoms with Crippen LogP contribution in [-0.2, 0) is 6.54 Å². The first-order valence-corrected chi connectivity index (χ1v) is 6.36. The van der Waals surface area contributed by atoms with Crippen molar-refractivity contribution in [3.63, 3.8) is 0 Å². The van der Waals surface area contributed by atoms with Gasteiger partial charge in [-0.15, -0.1) is 0 Å². The van der Waals surface area contributed by atoms with E-state index in [1.54, 1.807) is 14.2 Å². The lowest BCUT2D eigenvalue weighted by molar-refractivity contribution is 0.384. The van der Waals surface area contributed by atoms with Gasteiger partial charge in [0.25, 0.3) is 0 Å². The number of hydrogen-bond acceptors (Lipinski definition) is 4. The first kappa shape index (κ1) is 14.8. The van der Waals surface area contributed by atoms with Gasteiger partial charge in [-0.1, -0.05) is 13.0 Å². The third-order valence-corrected chi connectivity index (χ3v) is 2.91. The Hall–Kier alpha value is -1.26. The summed E-state index contributed by atoms with van der Waals surface area (Å²) in [6, 6.07) is 4.03. The van der Waals surface area contributed by atoms with E-state index in [1.807, 2.05) is 19.1 Å². The van der Waals surface area contributed by atoms with E-state index in [4.69, 9.17) is 9.47 Å². The molecule has 1 rings (SSSR count). The maximum absolute atomic E-state index is 5.46. The van der Waals surface area contributed by atoms with Crippen LogP contribution in [0, 0.1) is 6.92 Å². The molecule has 0 atom stereocenters. The van der Waals surface area contributed by atoms with E-state index in [0.29, 0.717) is 0 Å². The molecule has 4 heteroatoms. The fourth-order valence-corrected chi connectivity index (χ4v) is 1.95. The second-order valence-electron chi connectivity index (χ2n) is 4.12. The summed E-state index contributed by atoms with van der Waals surface area (Å²) in [5.74, 6) is 1.77. The number of ether oxygens (including phenoxy) is 2. The Kier molecular flexibility index (Phi) is 6.54. The summed E-state index contributed by atoms with van der Waals surface area (Å²) in [5.41, 5.74) is 2.21. The summed E-state index contributed by atoms with van der Waals surface area (Å²) in [7, 11) is 3.38. The average Bonchev–Trinajstić information content (AvgIpc) is 2.39. The monoisotopic (exact) mass is 252 g/mol. The molecule has 0 spiro atoms. The van der Waals surface area contributed by atoms with E-state index in [2.05, 4.69) is 17.6 Å². The third-order valence-electron chi connectivity index (χ3n) is 2.91. The van der Waals surface area contributed by atoms with Crippen LogP contribution in [-0.4, -0.2) is 33.9 Å². The topological polar surface area (TPSA) is 42.5 Å². The Balaban J connectivity index is 2.62. The van der Waals surface area contributed by atoms with E-state index in [1.165, 1.54) is 0 Å². The summed E-state index contributed by atoms with van der Waals surface area (Å²) in [6.45, 7) is 7.86. The van der Waals surface area contributed by atoms with Crippen LogP contribution in [0.1, 0.15) is 18.1 Å². The summed E-state index contributed by atoms with van der Waals surface area (Å²) >= 11 is 0. The summed E-state index contributed by atoms with van der Waals surface area (Å²) < 4.78 is 10.8. The van der Waals surface area contributed by atoms with Gasteiger partial charge in [0.15, 0.2) is 0 Å². The lowest BCUT2D eigenvalue weighted by atomic mass is 10.1. The van der Waals surface area contributed by atoms with Gasteiger partial charge in [-0.25, -0.2) is 0 Å². The largest absolute Gasteiger partial charge is 0.496 e. The molecule has 1 aromatic rings. The molecule has 2 N–H and O–H groups in total. The number of likely N-dealkylation sites (N-methyl/N-ethyl adjacent to an activating group) is 1. The van der Waals surface area contributed by atoms with Crippen LogP contribution in [0.15, 0.2) is 12.1 Å². The molecule has 0 aliphatic heterocycles. The number of hydrogen-bond donors (Lipinski definition) is 2. The van der Waals surface area contributed by atoms with E-state index < -0.39 is 0 Å². The van der Waals surface area contributed by atoms with E-state index in [9.17, 15) is 0 Å². The average molecular weight is 252 g/mol. The van der Waals surface area contributed by atoms with Crippen molar-refractivity contribution >= 4 is 0 Å². The first-order valence-electron chi connectivity index (χ1n) is 6.36. The molecule has 0 saturated heterocycles. The highest BCUT2D eigenvalue weighted by molar-refractivity contribution is 5.49. The molecular weight excluding hydrogens is 228 g/mol. The van der Waals surface area contributed by atoms with Gasteiger partial charge in [-0.3, -0.25) is 0 Å². The maximum Gasteiger partial charge on any atom is 0.129 e. The summed E-state index contributed by atoms with van der Waals surface area (Å²) in [4.78, 5) is 0. The van der Waals surface area contributed by atoms with Gasteiger partial charge >= 0.3 is 0 Å². The quantitative estimate of drug-likeness (QED) is 0.691. The lowest BCUT2D eigenvalue weighted by Gasteiger charge is -2.15. The second-order valence-corrected chi connectivity index (χ2v) is 4.12. The standard InChI is InChI=1S/C14H24N2O2/c1-5-15-8-9-16-10-12-6-7-13(17-3)11(2)14(12)18-4/h6-7,15-16H,5,8-10H2,1-4H3. The molecule has 0 saturated carbocycles. The second kappa shape index (κ2) is 7.95. The van der Waals surface area contributed by atoms with Crippen molar-refractivity contribution in [1.29, 1.82) is 0 Å². The Morgan fingerprint density at radius 1 is 1.06 bits per heavy atom. The van der Waals surface area contributed by atoms with Gasteiger partial charge in [0.2, 0.25) is 0 Å². The molecule has 0 unspecified atom stereocenters. The number of methoxy groups -OCH3 is 2. The Morgan fingerprint density at radius 3 is 2.39 bits per heavy atom. The van der Waals surface area contributed by atoms with Crippen molar-refractivity contribution in [2.75, 3.05) is 33.9 Å². The number of benzene rings is 1. The molecule has 0 bridgehead atoms. The van der Waals surface area contributed by atoms with E-state index >= 15 is 0 Å². The van der Waals surface area contributed by atoms with Crippen molar-refractivity contribution in [1.82, 2.24) is 10.6 Å². The molecule has 0 aliphatic rings. The van der Waals surface area contributed by atoms with Crippen molar-refractivity contribution in [2.45, 2.75) is 20.4 Å². The predicted octanol–water partition coefficient (Wildman–Crippen LogP) is 1.71. The number of rotatable bonds is 8. The SMILES string of the molecule is CCNCCNCc1ccc(OC)c(C)c1OC. The fraction of sp³-hybridized carbons (Fsp3) is 0.571. The molecule has 0 heterocycles. The lowest BCUT2D eigenvalue weighted by Crippen LogP contribution is -2.26. The zero-order valence-electron chi connectivity index (χ0n) is 11.8. The van der Waals surface area contributed by atoms with Gasteiger partial charge in [-0.05, 0) is 19.5 Å². The molecule has 0 amide bonds. The van der Waals surface area contributed by atoms with Crippen molar-refractivity contribution in [2.24, 2.45) is 0 Å². The van der Waals surface area contributed by atoms with Crippen LogP contribution in [0.2, 0.25) is 0 Å². The molecule has 102 valence electrons. The van der Waals surface area contributed by atoms with Crippen LogP contribution in [0.25, 0.3) is 0 Å². The Morgan fingerprint density at radius 2 is 1.78 bits per heavy atom. The molecule has 18 heavy (non-hydrogen) atoms. The van der Waals surface area contributed by atoms with Gasteiger partial charge in [0.1, 0.15) is 11.5 Å². The van der Waals surface area contributed by atoms with Crippen LogP contribution in [0.5, 0.6) is 11.5 Å². The van der Waals surface area contributed by atoms with Crippen LogP contribution in [0.3, 0.4) is 0 Å². The van der Waals surface area contributed by atoms with Gasteiger partial charge in [0, 0.05) is 30.8 Å². The third kappa shape index (κ3) is 3.89. The predicted molar refractivity (Wildman–Crippen MR) is 74.5 cm³/mol. The normalized spacial score (nSPS) is 10.4.